The van der Waals surface area contributed by atoms with Gasteiger partial charge in [-0.3, -0.25) is 0 Å². The Bertz CT molecular complexity index is 3280. The number of para-hydroxylation sites is 2. The van der Waals surface area contributed by atoms with Crippen molar-refractivity contribution >= 4 is 72.5 Å². The average molecular weight is 766 g/mol. The van der Waals surface area contributed by atoms with Gasteiger partial charge >= 0.3 is 0 Å². The van der Waals surface area contributed by atoms with Crippen LogP contribution in [0.15, 0.2) is 206 Å². The van der Waals surface area contributed by atoms with E-state index in [9.17, 15) is 0 Å². The van der Waals surface area contributed by atoms with Crippen molar-refractivity contribution in [1.29, 1.82) is 0 Å². The molecule has 1 aliphatic carbocycles. The summed E-state index contributed by atoms with van der Waals surface area (Å²) in [6, 6.07) is 75.5. The molecule has 0 atom stereocenters. The summed E-state index contributed by atoms with van der Waals surface area (Å²) in [6.07, 6.45) is 0. The van der Waals surface area contributed by atoms with Crippen LogP contribution in [0.2, 0.25) is 0 Å². The monoisotopic (exact) mass is 765 g/mol. The van der Waals surface area contributed by atoms with E-state index in [0.717, 1.165) is 39.5 Å². The highest BCUT2D eigenvalue weighted by atomic mass is 16.5. The summed E-state index contributed by atoms with van der Waals surface area (Å²) in [6.45, 7) is 4.77. The van der Waals surface area contributed by atoms with Crippen molar-refractivity contribution < 1.29 is 4.74 Å². The number of ether oxygens (including phenoxy) is 1. The molecule has 2 nitrogen and oxygen atoms in total. The zero-order chi connectivity index (χ0) is 40.0. The number of rotatable bonds is 6. The largest absolute Gasteiger partial charge is 0.456 e. The van der Waals surface area contributed by atoms with Crippen LogP contribution in [0, 0.1) is 0 Å². The third-order valence-electron chi connectivity index (χ3n) is 13.1. The molecule has 0 spiro atoms. The number of fused-ring (bicyclic) bond motifs is 9. The SMILES string of the molecule is CC1(C)c2ccccc2-c2ccc(B(c3ccccc3)c3cc4c5cccc6c5c(cc4c4ccccc34)-c3ccc(N(c4ccccc4)c4ccccc4)cc3O6)cc21. The van der Waals surface area contributed by atoms with E-state index in [-0.39, 0.29) is 12.1 Å². The molecule has 0 saturated carbocycles. The van der Waals surface area contributed by atoms with E-state index in [1.807, 2.05) is 0 Å². The third kappa shape index (κ3) is 5.22. The smallest absolute Gasteiger partial charge is 0.242 e. The van der Waals surface area contributed by atoms with Gasteiger partial charge in [-0.1, -0.05) is 182 Å². The van der Waals surface area contributed by atoms with Crippen molar-refractivity contribution in [1.82, 2.24) is 0 Å². The Morgan fingerprint density at radius 2 is 1.00 bits per heavy atom. The molecule has 0 saturated heterocycles. The second-order valence-electron chi connectivity index (χ2n) is 16.8. The highest BCUT2D eigenvalue weighted by molar-refractivity contribution is 6.97. The Balaban J connectivity index is 1.07. The van der Waals surface area contributed by atoms with Gasteiger partial charge in [-0.05, 0) is 103 Å². The zero-order valence-electron chi connectivity index (χ0n) is 33.6. The molecule has 10 aromatic rings. The standard InChI is InChI=1S/C57H40BNO/c1-57(2)51-27-15-14-24-43(51)44-31-29-38(33-52(44)57)58(37-17-6-3-7-18-37)53-36-49-47-26-16-28-54-56(47)50(35-48(49)42-23-12-13-25-45(42)53)46-32-30-41(34-55(46)60-54)59(39-19-8-4-9-20-39)40-21-10-5-11-22-40/h3-36H,1-2H3. The Kier molecular flexibility index (Phi) is 7.71. The molecule has 0 unspecified atom stereocenters. The lowest BCUT2D eigenvalue weighted by atomic mass is 9.36. The zero-order valence-corrected chi connectivity index (χ0v) is 33.6. The van der Waals surface area contributed by atoms with Crippen molar-refractivity contribution in [2.45, 2.75) is 19.3 Å². The number of benzene rings is 10. The molecule has 1 heterocycles. The summed E-state index contributed by atoms with van der Waals surface area (Å²) >= 11 is 0. The third-order valence-corrected chi connectivity index (χ3v) is 13.1. The number of nitrogens with zero attached hydrogens (tertiary/aromatic N) is 1. The van der Waals surface area contributed by atoms with Gasteiger partial charge in [0.05, 0.1) is 0 Å². The molecule has 282 valence electrons. The second kappa shape index (κ2) is 13.3. The first kappa shape index (κ1) is 34.7. The van der Waals surface area contributed by atoms with Crippen molar-refractivity contribution in [2.24, 2.45) is 0 Å². The minimum atomic E-state index is -0.0934. The molecule has 0 fully saturated rings. The van der Waals surface area contributed by atoms with Gasteiger partial charge in [-0.25, -0.2) is 0 Å². The molecule has 3 heteroatoms. The van der Waals surface area contributed by atoms with Crippen molar-refractivity contribution in [3.63, 3.8) is 0 Å². The van der Waals surface area contributed by atoms with E-state index >= 15 is 0 Å². The quantitative estimate of drug-likeness (QED) is 0.123. The van der Waals surface area contributed by atoms with Crippen LogP contribution < -0.4 is 26.0 Å². The Morgan fingerprint density at radius 1 is 0.383 bits per heavy atom. The van der Waals surface area contributed by atoms with Crippen LogP contribution in [0.1, 0.15) is 25.0 Å². The van der Waals surface area contributed by atoms with Gasteiger partial charge in [-0.15, -0.1) is 0 Å². The fourth-order valence-corrected chi connectivity index (χ4v) is 10.4. The normalized spacial score (nSPS) is 13.1. The maximum atomic E-state index is 6.93. The van der Waals surface area contributed by atoms with Gasteiger partial charge in [0.15, 0.2) is 0 Å². The lowest BCUT2D eigenvalue weighted by Gasteiger charge is -2.28. The first-order valence-electron chi connectivity index (χ1n) is 21.0. The van der Waals surface area contributed by atoms with Gasteiger partial charge in [-0.2, -0.15) is 0 Å². The molecule has 0 radical (unpaired) electrons. The minimum Gasteiger partial charge on any atom is -0.456 e. The van der Waals surface area contributed by atoms with Gasteiger partial charge < -0.3 is 9.64 Å². The molecule has 60 heavy (non-hydrogen) atoms. The van der Waals surface area contributed by atoms with Crippen molar-refractivity contribution in [2.75, 3.05) is 4.90 Å². The van der Waals surface area contributed by atoms with Gasteiger partial charge in [0.2, 0.25) is 6.71 Å². The van der Waals surface area contributed by atoms with Crippen LogP contribution in [-0.2, 0) is 5.41 Å². The van der Waals surface area contributed by atoms with Crippen LogP contribution in [0.5, 0.6) is 11.5 Å². The highest BCUT2D eigenvalue weighted by Crippen LogP contribution is 2.51. The first-order chi connectivity index (χ1) is 29.5. The maximum absolute atomic E-state index is 6.93. The summed E-state index contributed by atoms with van der Waals surface area (Å²) in [5, 5.41) is 7.37. The number of hydrogen-bond donors (Lipinski definition) is 0. The number of hydrogen-bond acceptors (Lipinski definition) is 2. The fourth-order valence-electron chi connectivity index (χ4n) is 10.4. The lowest BCUT2D eigenvalue weighted by Crippen LogP contribution is -2.52. The van der Waals surface area contributed by atoms with E-state index in [1.165, 1.54) is 71.1 Å². The average Bonchev–Trinajstić information content (AvgIpc) is 3.53. The lowest BCUT2D eigenvalue weighted by molar-refractivity contribution is 0.487. The summed E-state index contributed by atoms with van der Waals surface area (Å²) in [7, 11) is 0. The minimum absolute atomic E-state index is 0.0173. The molecular formula is C57H40BNO. The summed E-state index contributed by atoms with van der Waals surface area (Å²) in [5.41, 5.74) is 14.8. The molecule has 0 bridgehead atoms. The van der Waals surface area contributed by atoms with Crippen molar-refractivity contribution in [3.8, 4) is 33.8 Å². The summed E-state index contributed by atoms with van der Waals surface area (Å²) in [4.78, 5) is 2.29. The molecular weight excluding hydrogens is 725 g/mol. The van der Waals surface area contributed by atoms with Crippen LogP contribution in [0.25, 0.3) is 54.6 Å². The summed E-state index contributed by atoms with van der Waals surface area (Å²) < 4.78 is 6.93. The topological polar surface area (TPSA) is 12.5 Å². The second-order valence-corrected chi connectivity index (χ2v) is 16.8. The van der Waals surface area contributed by atoms with Gasteiger partial charge in [0, 0.05) is 39.5 Å². The molecule has 0 N–H and O–H groups in total. The molecule has 12 rings (SSSR count). The molecule has 2 aliphatic rings. The molecule has 0 aromatic heterocycles. The fraction of sp³-hybridized carbons (Fsp3) is 0.0526. The Morgan fingerprint density at radius 3 is 1.77 bits per heavy atom. The van der Waals surface area contributed by atoms with Crippen LogP contribution in [-0.4, -0.2) is 6.71 Å². The first-order valence-corrected chi connectivity index (χ1v) is 21.0. The molecule has 1 aliphatic heterocycles. The molecule has 10 aromatic carbocycles. The van der Waals surface area contributed by atoms with E-state index in [1.54, 1.807) is 0 Å². The highest BCUT2D eigenvalue weighted by Gasteiger charge is 2.37. The predicted octanol–water partition coefficient (Wildman–Crippen LogP) is 13.2. The van der Waals surface area contributed by atoms with Crippen LogP contribution in [0.4, 0.5) is 17.1 Å². The van der Waals surface area contributed by atoms with E-state index in [4.69, 9.17) is 4.74 Å². The van der Waals surface area contributed by atoms with Crippen LogP contribution in [0.3, 0.4) is 0 Å². The van der Waals surface area contributed by atoms with E-state index in [0.29, 0.717) is 0 Å². The van der Waals surface area contributed by atoms with Gasteiger partial charge in [0.1, 0.15) is 11.5 Å². The molecule has 0 amide bonds. The maximum Gasteiger partial charge on any atom is 0.242 e. The Labute approximate surface area is 351 Å². The van der Waals surface area contributed by atoms with E-state index < -0.39 is 0 Å². The predicted molar refractivity (Wildman–Crippen MR) is 254 cm³/mol. The number of anilines is 3. The van der Waals surface area contributed by atoms with Gasteiger partial charge in [0.25, 0.3) is 0 Å². The van der Waals surface area contributed by atoms with E-state index in [2.05, 4.69) is 225 Å². The van der Waals surface area contributed by atoms with Crippen molar-refractivity contribution in [3.05, 3.63) is 217 Å². The Hall–Kier alpha value is -7.36. The summed E-state index contributed by atoms with van der Waals surface area (Å²) in [5.74, 6) is 1.74. The van der Waals surface area contributed by atoms with Crippen LogP contribution >= 0.6 is 0 Å².